The number of anilines is 1. The fourth-order valence-electron chi connectivity index (χ4n) is 8.23. The maximum atomic E-state index is 12.2. The number of ketones is 1. The third-order valence-electron chi connectivity index (χ3n) is 9.86. The second kappa shape index (κ2) is 8.39. The molecule has 3 fully saturated rings. The molecule has 3 saturated carbocycles. The summed E-state index contributed by atoms with van der Waals surface area (Å²) in [5.74, 6) is 2.73. The molecule has 33 heavy (non-hydrogen) atoms. The van der Waals surface area contributed by atoms with E-state index in [4.69, 9.17) is 0 Å². The second-order valence-corrected chi connectivity index (χ2v) is 11.5. The summed E-state index contributed by atoms with van der Waals surface area (Å²) in [5.41, 5.74) is 2.88. The van der Waals surface area contributed by atoms with Gasteiger partial charge in [-0.25, -0.2) is 0 Å². The highest BCUT2D eigenvalue weighted by Crippen LogP contribution is 2.68. The van der Waals surface area contributed by atoms with Crippen molar-refractivity contribution in [2.24, 2.45) is 29.1 Å². The third-order valence-corrected chi connectivity index (χ3v) is 9.86. The van der Waals surface area contributed by atoms with Crippen LogP contribution in [0.3, 0.4) is 0 Å². The van der Waals surface area contributed by atoms with E-state index in [0.29, 0.717) is 41.8 Å². The van der Waals surface area contributed by atoms with Crippen molar-refractivity contribution in [1.29, 1.82) is 0 Å². The van der Waals surface area contributed by atoms with Gasteiger partial charge in [-0.15, -0.1) is 0 Å². The van der Waals surface area contributed by atoms with Crippen LogP contribution in [0.4, 0.5) is 5.69 Å². The second-order valence-electron chi connectivity index (χ2n) is 11.5. The van der Waals surface area contributed by atoms with Crippen molar-refractivity contribution in [3.8, 4) is 0 Å². The first-order valence-corrected chi connectivity index (χ1v) is 12.8. The van der Waals surface area contributed by atoms with E-state index >= 15 is 0 Å². The average Bonchev–Trinajstić information content (AvgIpc) is 3.07. The largest absolute Gasteiger partial charge is 0.392 e. The Hall–Kier alpha value is -1.91. The number of aliphatic hydroxyl groups excluding tert-OH is 1. The molecule has 0 aromatic heterocycles. The monoisotopic (exact) mass is 449 g/mol. The molecule has 0 radical (unpaired) electrons. The Labute approximate surface area is 198 Å². The summed E-state index contributed by atoms with van der Waals surface area (Å²) < 4.78 is 0. The van der Waals surface area contributed by atoms with Crippen LogP contribution < -0.4 is 4.90 Å². The minimum atomic E-state index is -0.869. The van der Waals surface area contributed by atoms with Crippen molar-refractivity contribution >= 4 is 11.5 Å². The first-order chi connectivity index (χ1) is 15.8. The van der Waals surface area contributed by atoms with Crippen molar-refractivity contribution in [1.82, 2.24) is 0 Å². The van der Waals surface area contributed by atoms with Gasteiger partial charge >= 0.3 is 0 Å². The summed E-state index contributed by atoms with van der Waals surface area (Å²) in [7, 11) is 4.14. The van der Waals surface area contributed by atoms with Crippen LogP contribution in [0.1, 0.15) is 63.4 Å². The number of hydrogen-bond acceptors (Lipinski definition) is 4. The van der Waals surface area contributed by atoms with Crippen LogP contribution in [-0.2, 0) is 4.79 Å². The van der Waals surface area contributed by atoms with Crippen molar-refractivity contribution in [3.05, 3.63) is 53.6 Å². The molecular weight excluding hydrogens is 410 g/mol. The molecule has 4 aliphatic carbocycles. The number of nitrogens with zero attached hydrogens (tertiary/aromatic N) is 1. The summed E-state index contributed by atoms with van der Waals surface area (Å²) in [6.45, 7) is 2.27. The van der Waals surface area contributed by atoms with E-state index in [9.17, 15) is 15.0 Å². The van der Waals surface area contributed by atoms with E-state index in [-0.39, 0.29) is 12.0 Å². The van der Waals surface area contributed by atoms with Crippen molar-refractivity contribution in [3.63, 3.8) is 0 Å². The molecule has 2 N–H and O–H groups in total. The smallest absolute Gasteiger partial charge is 0.155 e. The molecule has 1 aromatic rings. The number of carbonyl (C=O) groups is 1. The molecule has 0 amide bonds. The van der Waals surface area contributed by atoms with Gasteiger partial charge in [-0.3, -0.25) is 4.79 Å². The Morgan fingerprint density at radius 1 is 1.09 bits per heavy atom. The number of hydrogen-bond donors (Lipinski definition) is 2. The zero-order valence-electron chi connectivity index (χ0n) is 20.3. The first-order valence-electron chi connectivity index (χ1n) is 12.8. The molecule has 0 heterocycles. The van der Waals surface area contributed by atoms with Crippen LogP contribution in [0.25, 0.3) is 0 Å². The molecule has 0 bridgehead atoms. The quantitative estimate of drug-likeness (QED) is 0.644. The molecule has 0 unspecified atom stereocenters. The normalized spacial score (nSPS) is 40.2. The van der Waals surface area contributed by atoms with E-state index in [2.05, 4.69) is 50.2 Å². The Kier molecular flexibility index (Phi) is 5.81. The lowest BCUT2D eigenvalue weighted by Crippen LogP contribution is -2.54. The van der Waals surface area contributed by atoms with Crippen LogP contribution >= 0.6 is 0 Å². The summed E-state index contributed by atoms with van der Waals surface area (Å²) in [4.78, 5) is 14.3. The topological polar surface area (TPSA) is 60.8 Å². The van der Waals surface area contributed by atoms with Gasteiger partial charge in [0.2, 0.25) is 0 Å². The molecule has 4 aliphatic rings. The zero-order valence-corrected chi connectivity index (χ0v) is 20.3. The molecule has 0 aliphatic heterocycles. The molecule has 0 saturated heterocycles. The highest BCUT2D eigenvalue weighted by molar-refractivity contribution is 5.91. The molecule has 4 nitrogen and oxygen atoms in total. The Morgan fingerprint density at radius 2 is 1.85 bits per heavy atom. The van der Waals surface area contributed by atoms with Crippen LogP contribution in [-0.4, -0.2) is 42.3 Å². The molecule has 1 aromatic carbocycles. The van der Waals surface area contributed by atoms with Crippen molar-refractivity contribution in [2.45, 2.75) is 63.4 Å². The highest BCUT2D eigenvalue weighted by Gasteiger charge is 2.63. The standard InChI is InChI=1S/C29H39NO3/c1-28-18-25(19-5-8-21(9-6-19)30(2)3)27-23-12-10-22(32)17-20(23)7-11-24(27)26(28)13-15-29(28,33)14-4-16-31/h4-6,8-9,14,17,23-27,31,33H,7,10-13,15-16,18H2,1-3H3/t23-,24-,25+,26-,27+,28-,29-/m0/s1. The predicted octanol–water partition coefficient (Wildman–Crippen LogP) is 4.87. The van der Waals surface area contributed by atoms with Crippen molar-refractivity contribution in [2.75, 3.05) is 25.6 Å². The van der Waals surface area contributed by atoms with Crippen LogP contribution in [0.2, 0.25) is 0 Å². The zero-order chi connectivity index (χ0) is 23.4. The van der Waals surface area contributed by atoms with Crippen LogP contribution in [0, 0.1) is 29.1 Å². The number of rotatable bonds is 4. The van der Waals surface area contributed by atoms with E-state index in [1.54, 1.807) is 6.08 Å². The molecule has 178 valence electrons. The van der Waals surface area contributed by atoms with E-state index in [1.807, 2.05) is 12.2 Å². The van der Waals surface area contributed by atoms with Crippen LogP contribution in [0.5, 0.6) is 0 Å². The predicted molar refractivity (Wildman–Crippen MR) is 132 cm³/mol. The Bertz CT molecular complexity index is 964. The van der Waals surface area contributed by atoms with Gasteiger partial charge in [0.15, 0.2) is 5.78 Å². The third kappa shape index (κ3) is 3.61. The van der Waals surface area contributed by atoms with Crippen molar-refractivity contribution < 1.29 is 15.0 Å². The molecule has 5 rings (SSSR count). The lowest BCUT2D eigenvalue weighted by Gasteiger charge is -2.58. The lowest BCUT2D eigenvalue weighted by atomic mass is 9.46. The summed E-state index contributed by atoms with van der Waals surface area (Å²) >= 11 is 0. The molecular formula is C29H39NO3. The fraction of sp³-hybridized carbons (Fsp3) is 0.621. The summed E-state index contributed by atoms with van der Waals surface area (Å²) in [5, 5.41) is 21.3. The first kappa shape index (κ1) is 22.9. The number of benzene rings is 1. The maximum Gasteiger partial charge on any atom is 0.155 e. The number of aliphatic hydroxyl groups is 2. The van der Waals surface area contributed by atoms with E-state index in [0.717, 1.165) is 38.5 Å². The Balaban J connectivity index is 1.59. The van der Waals surface area contributed by atoms with Gasteiger partial charge in [0, 0.05) is 31.6 Å². The minimum Gasteiger partial charge on any atom is -0.392 e. The van der Waals surface area contributed by atoms with Gasteiger partial charge < -0.3 is 15.1 Å². The van der Waals surface area contributed by atoms with E-state index < -0.39 is 5.60 Å². The summed E-state index contributed by atoms with van der Waals surface area (Å²) in [6.07, 6.45) is 12.2. The molecule has 7 atom stereocenters. The highest BCUT2D eigenvalue weighted by atomic mass is 16.3. The number of carbonyl (C=O) groups excluding carboxylic acids is 1. The van der Waals surface area contributed by atoms with Gasteiger partial charge in [0.1, 0.15) is 0 Å². The number of allylic oxidation sites excluding steroid dienone is 1. The van der Waals surface area contributed by atoms with Gasteiger partial charge in [-0.2, -0.15) is 0 Å². The van der Waals surface area contributed by atoms with E-state index in [1.165, 1.54) is 16.8 Å². The Morgan fingerprint density at radius 3 is 2.55 bits per heavy atom. The van der Waals surface area contributed by atoms with Crippen LogP contribution in [0.15, 0.2) is 48.1 Å². The van der Waals surface area contributed by atoms with Gasteiger partial charge in [0.25, 0.3) is 0 Å². The lowest BCUT2D eigenvalue weighted by molar-refractivity contribution is -0.117. The van der Waals surface area contributed by atoms with Gasteiger partial charge in [-0.1, -0.05) is 36.8 Å². The molecule has 0 spiro atoms. The SMILES string of the molecule is CN(C)c1ccc([C@H]2C[C@@]3(C)[C@@H](CC[C@@]3(O)C=CCO)[C@@H]3CCC4=CC(=O)CC[C@@H]4[C@H]32)cc1. The fourth-order valence-corrected chi connectivity index (χ4v) is 8.23. The minimum absolute atomic E-state index is 0.0329. The molecule has 4 heteroatoms. The van der Waals surface area contributed by atoms with Gasteiger partial charge in [0.05, 0.1) is 12.2 Å². The maximum absolute atomic E-state index is 12.2. The number of fused-ring (bicyclic) bond motifs is 5. The van der Waals surface area contributed by atoms with Gasteiger partial charge in [-0.05, 0) is 91.9 Å². The summed E-state index contributed by atoms with van der Waals surface area (Å²) in [6, 6.07) is 9.03. The average molecular weight is 450 g/mol.